The van der Waals surface area contributed by atoms with Crippen molar-refractivity contribution >= 4 is 40.6 Å². The lowest BCUT2D eigenvalue weighted by Crippen LogP contribution is -2.13. The molecule has 3 aromatic rings. The molecule has 0 saturated carbocycles. The van der Waals surface area contributed by atoms with Crippen molar-refractivity contribution in [3.05, 3.63) is 46.6 Å². The van der Waals surface area contributed by atoms with Gasteiger partial charge in [-0.25, -0.2) is 4.98 Å². The van der Waals surface area contributed by atoms with E-state index in [1.165, 1.54) is 0 Å². The molecule has 146 valence electrons. The van der Waals surface area contributed by atoms with E-state index in [-0.39, 0.29) is 5.91 Å². The van der Waals surface area contributed by atoms with Crippen LogP contribution in [0, 0.1) is 6.92 Å². The first-order valence-electron chi connectivity index (χ1n) is 8.99. The second kappa shape index (κ2) is 8.75. The van der Waals surface area contributed by atoms with Crippen LogP contribution in [0.5, 0.6) is 0 Å². The standard InChI is InChI=1S/C19H23N7OS/c1-5-6-15-17(28-25-24-15)18(27)21-13-7-9-14(10-8-13)22-19-20-12(2)11-16(23-19)26(3)4/h7-11H,5-6H2,1-4H3,(H,21,27)(H,20,22,23). The number of hydrogen-bond donors (Lipinski definition) is 2. The Labute approximate surface area is 168 Å². The molecule has 0 unspecified atom stereocenters. The van der Waals surface area contributed by atoms with E-state index in [1.807, 2.05) is 63.2 Å². The molecule has 1 amide bonds. The van der Waals surface area contributed by atoms with Crippen molar-refractivity contribution in [2.75, 3.05) is 29.6 Å². The zero-order valence-electron chi connectivity index (χ0n) is 16.4. The van der Waals surface area contributed by atoms with Gasteiger partial charge in [-0.05, 0) is 49.1 Å². The van der Waals surface area contributed by atoms with Crippen molar-refractivity contribution in [3.8, 4) is 0 Å². The summed E-state index contributed by atoms with van der Waals surface area (Å²) in [6, 6.07) is 9.32. The van der Waals surface area contributed by atoms with E-state index in [0.29, 0.717) is 16.5 Å². The molecule has 8 nitrogen and oxygen atoms in total. The first-order valence-corrected chi connectivity index (χ1v) is 9.76. The molecule has 2 heterocycles. The Morgan fingerprint density at radius 1 is 1.14 bits per heavy atom. The molecule has 0 saturated heterocycles. The molecular formula is C19H23N7OS. The fourth-order valence-corrected chi connectivity index (χ4v) is 3.18. The van der Waals surface area contributed by atoms with Crippen LogP contribution in [0.4, 0.5) is 23.1 Å². The van der Waals surface area contributed by atoms with Crippen molar-refractivity contribution in [1.29, 1.82) is 0 Å². The minimum atomic E-state index is -0.184. The Hall–Kier alpha value is -3.07. The molecule has 28 heavy (non-hydrogen) atoms. The molecule has 0 radical (unpaired) electrons. The van der Waals surface area contributed by atoms with Crippen LogP contribution in [0.1, 0.15) is 34.4 Å². The third-order valence-electron chi connectivity index (χ3n) is 3.95. The molecule has 0 atom stereocenters. The van der Waals surface area contributed by atoms with E-state index in [1.54, 1.807) is 0 Å². The van der Waals surface area contributed by atoms with Gasteiger partial charge in [-0.2, -0.15) is 4.98 Å². The predicted molar refractivity (Wildman–Crippen MR) is 113 cm³/mol. The summed E-state index contributed by atoms with van der Waals surface area (Å²) >= 11 is 1.12. The second-order valence-corrected chi connectivity index (χ2v) is 7.29. The molecule has 9 heteroatoms. The molecular weight excluding hydrogens is 374 g/mol. The summed E-state index contributed by atoms with van der Waals surface area (Å²) in [7, 11) is 3.88. The lowest BCUT2D eigenvalue weighted by atomic mass is 10.2. The zero-order valence-corrected chi connectivity index (χ0v) is 17.2. The summed E-state index contributed by atoms with van der Waals surface area (Å²) in [6.45, 7) is 3.98. The van der Waals surface area contributed by atoms with Crippen LogP contribution in [0.2, 0.25) is 0 Å². The first kappa shape index (κ1) is 19.7. The molecule has 2 aromatic heterocycles. The van der Waals surface area contributed by atoms with Crippen molar-refractivity contribution < 1.29 is 4.79 Å². The van der Waals surface area contributed by atoms with Crippen LogP contribution in [-0.2, 0) is 6.42 Å². The molecule has 0 aliphatic heterocycles. The highest BCUT2D eigenvalue weighted by atomic mass is 32.1. The van der Waals surface area contributed by atoms with Crippen LogP contribution in [0.15, 0.2) is 30.3 Å². The number of carbonyl (C=O) groups excluding carboxylic acids is 1. The largest absolute Gasteiger partial charge is 0.363 e. The van der Waals surface area contributed by atoms with Gasteiger partial charge in [0.25, 0.3) is 5.91 Å². The highest BCUT2D eigenvalue weighted by Crippen LogP contribution is 2.20. The number of aromatic nitrogens is 4. The van der Waals surface area contributed by atoms with Crippen molar-refractivity contribution in [3.63, 3.8) is 0 Å². The predicted octanol–water partition coefficient (Wildman–Crippen LogP) is 3.65. The smallest absolute Gasteiger partial charge is 0.269 e. The van der Waals surface area contributed by atoms with Crippen LogP contribution in [-0.4, -0.2) is 39.6 Å². The summed E-state index contributed by atoms with van der Waals surface area (Å²) in [5.41, 5.74) is 3.16. The van der Waals surface area contributed by atoms with Gasteiger partial charge in [-0.1, -0.05) is 17.8 Å². The van der Waals surface area contributed by atoms with Crippen molar-refractivity contribution in [1.82, 2.24) is 19.6 Å². The molecule has 0 fully saturated rings. The van der Waals surface area contributed by atoms with E-state index < -0.39 is 0 Å². The zero-order chi connectivity index (χ0) is 20.1. The lowest BCUT2D eigenvalue weighted by molar-refractivity contribution is 0.102. The van der Waals surface area contributed by atoms with Gasteiger partial charge in [0.15, 0.2) is 0 Å². The van der Waals surface area contributed by atoms with Crippen molar-refractivity contribution in [2.45, 2.75) is 26.7 Å². The minimum Gasteiger partial charge on any atom is -0.363 e. The number of benzene rings is 1. The Kier molecular flexibility index (Phi) is 6.15. The number of hydrogen-bond acceptors (Lipinski definition) is 8. The summed E-state index contributed by atoms with van der Waals surface area (Å²) in [6.07, 6.45) is 1.66. The van der Waals surface area contributed by atoms with Crippen LogP contribution in [0.25, 0.3) is 0 Å². The van der Waals surface area contributed by atoms with Gasteiger partial charge in [0.2, 0.25) is 5.95 Å². The normalized spacial score (nSPS) is 10.6. The topological polar surface area (TPSA) is 95.9 Å². The van der Waals surface area contributed by atoms with Gasteiger partial charge in [0, 0.05) is 37.2 Å². The number of nitrogens with one attached hydrogen (secondary N) is 2. The monoisotopic (exact) mass is 397 g/mol. The van der Waals surface area contributed by atoms with Gasteiger partial charge in [0.1, 0.15) is 10.7 Å². The molecule has 0 spiro atoms. The van der Waals surface area contributed by atoms with E-state index in [9.17, 15) is 4.79 Å². The van der Waals surface area contributed by atoms with E-state index in [2.05, 4.69) is 30.2 Å². The Morgan fingerprint density at radius 2 is 1.86 bits per heavy atom. The maximum absolute atomic E-state index is 12.5. The molecule has 0 bridgehead atoms. The summed E-state index contributed by atoms with van der Waals surface area (Å²) in [4.78, 5) is 23.9. The average molecular weight is 398 g/mol. The van der Waals surface area contributed by atoms with Gasteiger partial charge >= 0.3 is 0 Å². The Balaban J connectivity index is 1.68. The highest BCUT2D eigenvalue weighted by Gasteiger charge is 2.15. The van der Waals surface area contributed by atoms with Gasteiger partial charge in [0.05, 0.1) is 5.69 Å². The van der Waals surface area contributed by atoms with Crippen LogP contribution in [0.3, 0.4) is 0 Å². The maximum Gasteiger partial charge on any atom is 0.269 e. The number of aryl methyl sites for hydroxylation is 2. The number of nitrogens with zero attached hydrogens (tertiary/aromatic N) is 5. The third kappa shape index (κ3) is 4.80. The third-order valence-corrected chi connectivity index (χ3v) is 4.71. The second-order valence-electron chi connectivity index (χ2n) is 6.54. The number of amides is 1. The molecule has 1 aromatic carbocycles. The number of rotatable bonds is 7. The molecule has 0 aliphatic carbocycles. The fraction of sp³-hybridized carbons (Fsp3) is 0.316. The molecule has 3 rings (SSSR count). The minimum absolute atomic E-state index is 0.184. The molecule has 0 aliphatic rings. The van der Waals surface area contributed by atoms with E-state index in [4.69, 9.17) is 0 Å². The van der Waals surface area contributed by atoms with Gasteiger partial charge in [-0.15, -0.1) is 5.10 Å². The van der Waals surface area contributed by atoms with E-state index in [0.717, 1.165) is 47.3 Å². The first-order chi connectivity index (χ1) is 13.5. The Morgan fingerprint density at radius 3 is 2.54 bits per heavy atom. The highest BCUT2D eigenvalue weighted by molar-refractivity contribution is 7.08. The van der Waals surface area contributed by atoms with Crippen LogP contribution < -0.4 is 15.5 Å². The van der Waals surface area contributed by atoms with E-state index >= 15 is 0 Å². The van der Waals surface area contributed by atoms with Gasteiger partial charge < -0.3 is 15.5 Å². The quantitative estimate of drug-likeness (QED) is 0.628. The maximum atomic E-state index is 12.5. The summed E-state index contributed by atoms with van der Waals surface area (Å²) in [5, 5.41) is 10.1. The number of anilines is 4. The fourth-order valence-electron chi connectivity index (χ4n) is 2.57. The average Bonchev–Trinajstić information content (AvgIpc) is 3.11. The Bertz CT molecular complexity index is 953. The van der Waals surface area contributed by atoms with Crippen molar-refractivity contribution in [2.24, 2.45) is 0 Å². The lowest BCUT2D eigenvalue weighted by Gasteiger charge is -2.14. The molecule has 2 N–H and O–H groups in total. The van der Waals surface area contributed by atoms with Crippen LogP contribution >= 0.6 is 11.5 Å². The number of carbonyl (C=O) groups is 1. The summed E-state index contributed by atoms with van der Waals surface area (Å²) < 4.78 is 3.89. The SMILES string of the molecule is CCCc1nnsc1C(=O)Nc1ccc(Nc2nc(C)cc(N(C)C)n2)cc1. The summed E-state index contributed by atoms with van der Waals surface area (Å²) in [5.74, 6) is 1.18. The van der Waals surface area contributed by atoms with Gasteiger partial charge in [-0.3, -0.25) is 4.79 Å².